The van der Waals surface area contributed by atoms with Crippen LogP contribution in [0.4, 0.5) is 0 Å². The Bertz CT molecular complexity index is 1530. The molecule has 0 aliphatic carbocycles. The highest BCUT2D eigenvalue weighted by atomic mass is 16.4. The molecule has 0 unspecified atom stereocenters. The maximum atomic E-state index is 12.2. The Morgan fingerprint density at radius 1 is 0.429 bits per heavy atom. The summed E-state index contributed by atoms with van der Waals surface area (Å²) in [5.41, 5.74) is 5.48. The van der Waals surface area contributed by atoms with Crippen molar-refractivity contribution in [2.45, 2.75) is 11.1 Å². The summed E-state index contributed by atoms with van der Waals surface area (Å²) in [5, 5.41) is 17.8. The lowest BCUT2D eigenvalue weighted by atomic mass is 9.77. The Labute approximate surface area is 289 Å². The van der Waals surface area contributed by atoms with Crippen molar-refractivity contribution in [3.05, 3.63) is 215 Å². The zero-order valence-electron chi connectivity index (χ0n) is 27.7. The number of nitrogens with zero attached hydrogens (tertiary/aromatic N) is 1. The molecule has 0 heterocycles. The molecule has 0 fully saturated rings. The Morgan fingerprint density at radius 3 is 0.857 bits per heavy atom. The summed E-state index contributed by atoms with van der Waals surface area (Å²) < 4.78 is 0. The van der Waals surface area contributed by atoms with Crippen LogP contribution in [-0.4, -0.2) is 48.7 Å². The van der Waals surface area contributed by atoms with Crippen LogP contribution < -0.4 is 10.6 Å². The molecule has 246 valence electrons. The molecule has 0 saturated carbocycles. The van der Waals surface area contributed by atoms with Gasteiger partial charge < -0.3 is 5.11 Å². The van der Waals surface area contributed by atoms with E-state index >= 15 is 0 Å². The third-order valence-electron chi connectivity index (χ3n) is 9.24. The summed E-state index contributed by atoms with van der Waals surface area (Å²) in [5.74, 6) is -0.846. The molecule has 6 aromatic rings. The molecule has 0 saturated heterocycles. The van der Waals surface area contributed by atoms with Crippen molar-refractivity contribution in [1.29, 1.82) is 0 Å². The smallest absolute Gasteiger partial charge is 0.317 e. The Balaban J connectivity index is 1.28. The molecule has 0 aromatic heterocycles. The van der Waals surface area contributed by atoms with E-state index < -0.39 is 17.0 Å². The predicted octanol–water partition coefficient (Wildman–Crippen LogP) is 7.54. The van der Waals surface area contributed by atoms with E-state index in [9.17, 15) is 9.90 Å². The minimum absolute atomic E-state index is 0.0621. The van der Waals surface area contributed by atoms with Crippen LogP contribution in [0.5, 0.6) is 0 Å². The highest BCUT2D eigenvalue weighted by Crippen LogP contribution is 2.38. The van der Waals surface area contributed by atoms with Gasteiger partial charge >= 0.3 is 5.97 Å². The molecule has 49 heavy (non-hydrogen) atoms. The van der Waals surface area contributed by atoms with Crippen LogP contribution in [0.25, 0.3) is 0 Å². The van der Waals surface area contributed by atoms with Gasteiger partial charge in [0.1, 0.15) is 0 Å². The molecular formula is C44H43N3O2. The van der Waals surface area contributed by atoms with Gasteiger partial charge in [0.25, 0.3) is 0 Å². The molecule has 0 aliphatic rings. The average Bonchev–Trinajstić information content (AvgIpc) is 3.17. The maximum Gasteiger partial charge on any atom is 0.317 e. The van der Waals surface area contributed by atoms with Crippen molar-refractivity contribution in [2.24, 2.45) is 0 Å². The number of benzene rings is 6. The van der Waals surface area contributed by atoms with Crippen LogP contribution in [0.3, 0.4) is 0 Å². The van der Waals surface area contributed by atoms with Crippen LogP contribution in [0.2, 0.25) is 0 Å². The molecule has 0 amide bonds. The largest absolute Gasteiger partial charge is 0.480 e. The molecule has 0 spiro atoms. The minimum atomic E-state index is -0.846. The minimum Gasteiger partial charge on any atom is -0.480 e. The summed E-state index contributed by atoms with van der Waals surface area (Å²) in [4.78, 5) is 14.2. The van der Waals surface area contributed by atoms with Crippen molar-refractivity contribution in [3.63, 3.8) is 0 Å². The zero-order chi connectivity index (χ0) is 33.8. The molecule has 5 nitrogen and oxygen atoms in total. The quantitative estimate of drug-likeness (QED) is 0.0950. The highest BCUT2D eigenvalue weighted by Gasteiger charge is 2.37. The fourth-order valence-corrected chi connectivity index (χ4v) is 7.01. The van der Waals surface area contributed by atoms with Gasteiger partial charge in [0.15, 0.2) is 0 Å². The van der Waals surface area contributed by atoms with E-state index in [-0.39, 0.29) is 6.54 Å². The number of nitrogens with one attached hydrogen (secondary N) is 2. The molecule has 5 heteroatoms. The number of aliphatic carboxylic acids is 1. The summed E-state index contributed by atoms with van der Waals surface area (Å²) in [6, 6.07) is 62.9. The fraction of sp³-hybridized carbons (Fsp3) is 0.159. The second kappa shape index (κ2) is 16.2. The van der Waals surface area contributed by atoms with E-state index in [1.54, 1.807) is 0 Å². The Kier molecular flexibility index (Phi) is 11.1. The lowest BCUT2D eigenvalue weighted by molar-refractivity contribution is -0.138. The first-order valence-corrected chi connectivity index (χ1v) is 16.9. The average molecular weight is 646 g/mol. The van der Waals surface area contributed by atoms with Crippen molar-refractivity contribution in [1.82, 2.24) is 15.5 Å². The highest BCUT2D eigenvalue weighted by molar-refractivity contribution is 5.69. The second-order valence-corrected chi connectivity index (χ2v) is 12.2. The van der Waals surface area contributed by atoms with Crippen LogP contribution in [-0.2, 0) is 15.9 Å². The first-order chi connectivity index (χ1) is 24.1. The van der Waals surface area contributed by atoms with E-state index in [1.165, 1.54) is 0 Å². The zero-order valence-corrected chi connectivity index (χ0v) is 27.7. The van der Waals surface area contributed by atoms with Crippen molar-refractivity contribution >= 4 is 5.97 Å². The number of carboxylic acid groups (broad SMARTS) is 1. The standard InChI is InChI=1S/C44H43N3O2/c48-42(49)35-47(33-31-45-43(36-19-7-1-8-20-36,37-21-9-2-10-22-37)38-23-11-3-12-24-38)34-32-46-44(39-25-13-4-14-26-39,40-27-15-5-16-28-40)41-29-17-6-18-30-41/h1-30,45-46H,31-35H2,(H,48,49). The number of hydrogen-bond donors (Lipinski definition) is 3. The van der Waals surface area contributed by atoms with Gasteiger partial charge in [0.2, 0.25) is 0 Å². The van der Waals surface area contributed by atoms with Crippen molar-refractivity contribution in [2.75, 3.05) is 32.7 Å². The van der Waals surface area contributed by atoms with E-state index in [0.717, 1.165) is 33.4 Å². The first-order valence-electron chi connectivity index (χ1n) is 16.9. The molecule has 0 radical (unpaired) electrons. The number of hydrogen-bond acceptors (Lipinski definition) is 4. The summed E-state index contributed by atoms with van der Waals surface area (Å²) in [7, 11) is 0. The molecule has 3 N–H and O–H groups in total. The summed E-state index contributed by atoms with van der Waals surface area (Å²) in [6.07, 6.45) is 0. The van der Waals surface area contributed by atoms with E-state index in [2.05, 4.69) is 156 Å². The number of rotatable bonds is 16. The van der Waals surface area contributed by atoms with E-state index in [1.807, 2.05) is 41.3 Å². The monoisotopic (exact) mass is 645 g/mol. The SMILES string of the molecule is O=C(O)CN(CCNC(c1ccccc1)(c1ccccc1)c1ccccc1)CCNC(c1ccccc1)(c1ccccc1)c1ccccc1. The number of carboxylic acids is 1. The van der Waals surface area contributed by atoms with Gasteiger partial charge in [-0.25, -0.2) is 0 Å². The lowest BCUT2D eigenvalue weighted by Gasteiger charge is -2.39. The molecule has 0 bridgehead atoms. The van der Waals surface area contributed by atoms with Crippen LogP contribution >= 0.6 is 0 Å². The topological polar surface area (TPSA) is 64.6 Å². The predicted molar refractivity (Wildman–Crippen MR) is 198 cm³/mol. The van der Waals surface area contributed by atoms with Gasteiger partial charge in [-0.2, -0.15) is 0 Å². The maximum absolute atomic E-state index is 12.2. The normalized spacial score (nSPS) is 11.8. The van der Waals surface area contributed by atoms with Gasteiger partial charge in [0.05, 0.1) is 17.6 Å². The molecule has 6 rings (SSSR count). The third kappa shape index (κ3) is 7.55. The first kappa shape index (κ1) is 33.6. The summed E-state index contributed by atoms with van der Waals surface area (Å²) in [6.45, 7) is 2.14. The van der Waals surface area contributed by atoms with Crippen LogP contribution in [0.1, 0.15) is 33.4 Å². The van der Waals surface area contributed by atoms with Gasteiger partial charge in [-0.1, -0.05) is 182 Å². The molecule has 6 aromatic carbocycles. The van der Waals surface area contributed by atoms with Gasteiger partial charge in [-0.05, 0) is 33.4 Å². The van der Waals surface area contributed by atoms with Crippen LogP contribution in [0, 0.1) is 0 Å². The molecule has 0 aliphatic heterocycles. The third-order valence-corrected chi connectivity index (χ3v) is 9.24. The van der Waals surface area contributed by atoms with Crippen molar-refractivity contribution in [3.8, 4) is 0 Å². The second-order valence-electron chi connectivity index (χ2n) is 12.2. The van der Waals surface area contributed by atoms with Gasteiger partial charge in [0, 0.05) is 26.2 Å². The van der Waals surface area contributed by atoms with Gasteiger partial charge in [-0.3, -0.25) is 20.3 Å². The fourth-order valence-electron chi connectivity index (χ4n) is 7.01. The Hall–Kier alpha value is -5.33. The van der Waals surface area contributed by atoms with E-state index in [0.29, 0.717) is 26.2 Å². The molecule has 0 atom stereocenters. The van der Waals surface area contributed by atoms with E-state index in [4.69, 9.17) is 0 Å². The Morgan fingerprint density at radius 2 is 0.653 bits per heavy atom. The lowest BCUT2D eigenvalue weighted by Crippen LogP contribution is -2.50. The number of carbonyl (C=O) groups is 1. The van der Waals surface area contributed by atoms with Crippen LogP contribution in [0.15, 0.2) is 182 Å². The molecular weight excluding hydrogens is 603 g/mol. The van der Waals surface area contributed by atoms with Crippen molar-refractivity contribution < 1.29 is 9.90 Å². The van der Waals surface area contributed by atoms with Gasteiger partial charge in [-0.15, -0.1) is 0 Å². The summed E-state index contributed by atoms with van der Waals surface area (Å²) >= 11 is 0.